The SMILES string of the molecule is CCN(Cc1ccccc1)c1ccc(CCc2ccc(CCc3ccc(N(CC)Cc4ccccc4)cc3)cc2)cc1. The molecule has 0 saturated carbocycles. The number of rotatable bonds is 14. The zero-order valence-electron chi connectivity index (χ0n) is 25.3. The molecule has 0 aromatic heterocycles. The van der Waals surface area contributed by atoms with Gasteiger partial charge in [0, 0.05) is 37.6 Å². The van der Waals surface area contributed by atoms with Crippen molar-refractivity contribution in [1.82, 2.24) is 0 Å². The molecule has 2 nitrogen and oxygen atoms in total. The van der Waals surface area contributed by atoms with Crippen molar-refractivity contribution in [2.75, 3.05) is 22.9 Å². The Morgan fingerprint density at radius 1 is 0.333 bits per heavy atom. The molecule has 0 aliphatic carbocycles. The minimum atomic E-state index is 0.945. The van der Waals surface area contributed by atoms with Gasteiger partial charge in [0.25, 0.3) is 0 Å². The van der Waals surface area contributed by atoms with Gasteiger partial charge in [0.15, 0.2) is 0 Å². The summed E-state index contributed by atoms with van der Waals surface area (Å²) >= 11 is 0. The first-order valence-electron chi connectivity index (χ1n) is 15.5. The van der Waals surface area contributed by atoms with Crippen LogP contribution < -0.4 is 9.80 Å². The monoisotopic (exact) mass is 552 g/mol. The lowest BCUT2D eigenvalue weighted by molar-refractivity contribution is 0.831. The molecule has 0 atom stereocenters. The van der Waals surface area contributed by atoms with Crippen LogP contribution in [-0.4, -0.2) is 13.1 Å². The van der Waals surface area contributed by atoms with Crippen molar-refractivity contribution in [3.63, 3.8) is 0 Å². The fourth-order valence-electron chi connectivity index (χ4n) is 5.58. The van der Waals surface area contributed by atoms with Gasteiger partial charge in [-0.25, -0.2) is 0 Å². The Labute approximate surface area is 253 Å². The van der Waals surface area contributed by atoms with Gasteiger partial charge in [-0.3, -0.25) is 0 Å². The first kappa shape index (κ1) is 29.2. The van der Waals surface area contributed by atoms with Gasteiger partial charge < -0.3 is 9.80 Å². The molecule has 5 rings (SSSR count). The van der Waals surface area contributed by atoms with Crippen LogP contribution in [0.5, 0.6) is 0 Å². The molecule has 0 saturated heterocycles. The van der Waals surface area contributed by atoms with E-state index in [-0.39, 0.29) is 0 Å². The predicted octanol–water partition coefficient (Wildman–Crippen LogP) is 9.31. The topological polar surface area (TPSA) is 6.48 Å². The number of aryl methyl sites for hydroxylation is 4. The van der Waals surface area contributed by atoms with Crippen molar-refractivity contribution >= 4 is 11.4 Å². The molecule has 0 N–H and O–H groups in total. The summed E-state index contributed by atoms with van der Waals surface area (Å²) < 4.78 is 0. The Balaban J connectivity index is 1.08. The molecular weight excluding hydrogens is 508 g/mol. The summed E-state index contributed by atoms with van der Waals surface area (Å²) in [6, 6.07) is 49.0. The first-order valence-corrected chi connectivity index (χ1v) is 15.5. The Hall–Kier alpha value is -4.30. The van der Waals surface area contributed by atoms with Gasteiger partial charge in [-0.2, -0.15) is 0 Å². The fourth-order valence-corrected chi connectivity index (χ4v) is 5.58. The Morgan fingerprint density at radius 3 is 0.905 bits per heavy atom. The summed E-state index contributed by atoms with van der Waals surface area (Å²) in [4.78, 5) is 4.86. The molecule has 0 spiro atoms. The van der Waals surface area contributed by atoms with E-state index in [2.05, 4.69) is 157 Å². The van der Waals surface area contributed by atoms with Crippen molar-refractivity contribution in [3.05, 3.63) is 167 Å². The maximum Gasteiger partial charge on any atom is 0.0429 e. The highest BCUT2D eigenvalue weighted by atomic mass is 15.1. The van der Waals surface area contributed by atoms with E-state index in [1.54, 1.807) is 0 Å². The van der Waals surface area contributed by atoms with Gasteiger partial charge in [0.2, 0.25) is 0 Å². The van der Waals surface area contributed by atoms with E-state index in [4.69, 9.17) is 0 Å². The van der Waals surface area contributed by atoms with E-state index in [1.165, 1.54) is 44.8 Å². The van der Waals surface area contributed by atoms with E-state index in [0.29, 0.717) is 0 Å². The number of hydrogen-bond acceptors (Lipinski definition) is 2. The van der Waals surface area contributed by atoms with Crippen molar-refractivity contribution < 1.29 is 0 Å². The lowest BCUT2D eigenvalue weighted by Crippen LogP contribution is -2.21. The van der Waals surface area contributed by atoms with Crippen LogP contribution in [0.25, 0.3) is 0 Å². The Kier molecular flexibility index (Phi) is 10.5. The highest BCUT2D eigenvalue weighted by Crippen LogP contribution is 2.21. The van der Waals surface area contributed by atoms with Crippen LogP contribution in [0.15, 0.2) is 133 Å². The Bertz CT molecular complexity index is 1340. The summed E-state index contributed by atoms with van der Waals surface area (Å²) in [5.74, 6) is 0. The highest BCUT2D eigenvalue weighted by molar-refractivity contribution is 5.49. The minimum Gasteiger partial charge on any atom is -0.367 e. The number of nitrogens with zero attached hydrogens (tertiary/aromatic N) is 2. The van der Waals surface area contributed by atoms with Crippen LogP contribution in [0, 0.1) is 0 Å². The van der Waals surface area contributed by atoms with Crippen LogP contribution in [0.1, 0.15) is 47.2 Å². The van der Waals surface area contributed by atoms with Gasteiger partial charge in [-0.05, 0) is 97.2 Å². The lowest BCUT2D eigenvalue weighted by atomic mass is 10.00. The second kappa shape index (κ2) is 15.1. The normalized spacial score (nSPS) is 10.9. The van der Waals surface area contributed by atoms with Gasteiger partial charge >= 0.3 is 0 Å². The third-order valence-corrected chi connectivity index (χ3v) is 8.23. The zero-order valence-corrected chi connectivity index (χ0v) is 25.3. The molecular formula is C40H44N2. The number of hydrogen-bond donors (Lipinski definition) is 0. The molecule has 0 fully saturated rings. The maximum atomic E-state index is 2.43. The van der Waals surface area contributed by atoms with Crippen molar-refractivity contribution in [2.24, 2.45) is 0 Å². The van der Waals surface area contributed by atoms with Crippen LogP contribution in [0.2, 0.25) is 0 Å². The lowest BCUT2D eigenvalue weighted by Gasteiger charge is -2.23. The molecule has 2 heteroatoms. The smallest absolute Gasteiger partial charge is 0.0429 e. The second-order valence-electron chi connectivity index (χ2n) is 11.1. The van der Waals surface area contributed by atoms with Gasteiger partial charge in [-0.1, -0.05) is 109 Å². The van der Waals surface area contributed by atoms with E-state index in [0.717, 1.165) is 51.9 Å². The average molecular weight is 553 g/mol. The van der Waals surface area contributed by atoms with Gasteiger partial charge in [-0.15, -0.1) is 0 Å². The molecule has 0 amide bonds. The van der Waals surface area contributed by atoms with Gasteiger partial charge in [0.1, 0.15) is 0 Å². The summed E-state index contributed by atoms with van der Waals surface area (Å²) in [7, 11) is 0. The van der Waals surface area contributed by atoms with Crippen molar-refractivity contribution in [1.29, 1.82) is 0 Å². The molecule has 0 aliphatic rings. The van der Waals surface area contributed by atoms with Gasteiger partial charge in [0.05, 0.1) is 0 Å². The molecule has 0 aliphatic heterocycles. The van der Waals surface area contributed by atoms with Crippen LogP contribution >= 0.6 is 0 Å². The molecule has 0 bridgehead atoms. The van der Waals surface area contributed by atoms with Crippen molar-refractivity contribution in [2.45, 2.75) is 52.6 Å². The molecule has 0 radical (unpaired) electrons. The second-order valence-corrected chi connectivity index (χ2v) is 11.1. The fraction of sp³-hybridized carbons (Fsp3) is 0.250. The highest BCUT2D eigenvalue weighted by Gasteiger charge is 2.07. The summed E-state index contributed by atoms with van der Waals surface area (Å²) in [6.07, 6.45) is 4.27. The summed E-state index contributed by atoms with van der Waals surface area (Å²) in [6.45, 7) is 8.34. The third-order valence-electron chi connectivity index (χ3n) is 8.23. The summed E-state index contributed by atoms with van der Waals surface area (Å²) in [5.41, 5.74) is 10.9. The maximum absolute atomic E-state index is 2.43. The summed E-state index contributed by atoms with van der Waals surface area (Å²) in [5, 5.41) is 0. The van der Waals surface area contributed by atoms with E-state index in [9.17, 15) is 0 Å². The van der Waals surface area contributed by atoms with E-state index < -0.39 is 0 Å². The quantitative estimate of drug-likeness (QED) is 0.135. The van der Waals surface area contributed by atoms with Crippen LogP contribution in [-0.2, 0) is 38.8 Å². The Morgan fingerprint density at radius 2 is 0.619 bits per heavy atom. The zero-order chi connectivity index (χ0) is 29.0. The average Bonchev–Trinajstić information content (AvgIpc) is 3.06. The molecule has 5 aromatic carbocycles. The van der Waals surface area contributed by atoms with E-state index in [1.807, 2.05) is 0 Å². The standard InChI is InChI=1S/C40H44N2/c1-3-41(31-37-11-7-5-8-12-37)39-27-23-35(24-28-39)21-19-33-15-17-34(18-16-33)20-22-36-25-29-40(30-26-36)42(4-2)32-38-13-9-6-10-14-38/h5-18,23-30H,3-4,19-22,31-32H2,1-2H3. The van der Waals surface area contributed by atoms with E-state index >= 15 is 0 Å². The van der Waals surface area contributed by atoms with Crippen molar-refractivity contribution in [3.8, 4) is 0 Å². The van der Waals surface area contributed by atoms with Crippen LogP contribution in [0.3, 0.4) is 0 Å². The molecule has 5 aromatic rings. The molecule has 214 valence electrons. The predicted molar refractivity (Wildman–Crippen MR) is 180 cm³/mol. The third kappa shape index (κ3) is 8.36. The minimum absolute atomic E-state index is 0.945. The molecule has 0 unspecified atom stereocenters. The van der Waals surface area contributed by atoms with Crippen LogP contribution in [0.4, 0.5) is 11.4 Å². The number of benzene rings is 5. The number of anilines is 2. The first-order chi connectivity index (χ1) is 20.7. The molecule has 0 heterocycles. The largest absolute Gasteiger partial charge is 0.367 e. The molecule has 42 heavy (non-hydrogen) atoms.